The van der Waals surface area contributed by atoms with E-state index >= 15 is 0 Å². The zero-order chi connectivity index (χ0) is 19.0. The van der Waals surface area contributed by atoms with Gasteiger partial charge in [-0.1, -0.05) is 17.7 Å². The summed E-state index contributed by atoms with van der Waals surface area (Å²) in [6, 6.07) is 10.5. The summed E-state index contributed by atoms with van der Waals surface area (Å²) >= 11 is 0. The van der Waals surface area contributed by atoms with Crippen molar-refractivity contribution in [3.05, 3.63) is 57.9 Å². The van der Waals surface area contributed by atoms with Crippen molar-refractivity contribution in [1.29, 1.82) is 0 Å². The molecule has 8 nitrogen and oxygen atoms in total. The molecule has 1 aliphatic heterocycles. The zero-order valence-corrected chi connectivity index (χ0v) is 14.5. The quantitative estimate of drug-likeness (QED) is 0.655. The van der Waals surface area contributed by atoms with Crippen molar-refractivity contribution >= 4 is 34.4 Å². The van der Waals surface area contributed by atoms with Crippen LogP contribution in [0, 0.1) is 6.92 Å². The Morgan fingerprint density at radius 3 is 2.93 bits per heavy atom. The summed E-state index contributed by atoms with van der Waals surface area (Å²) in [5, 5.41) is 5.77. The highest BCUT2D eigenvalue weighted by molar-refractivity contribution is 5.96. The molecule has 2 heterocycles. The lowest BCUT2D eigenvalue weighted by Gasteiger charge is -2.18. The van der Waals surface area contributed by atoms with Crippen LogP contribution in [-0.2, 0) is 16.0 Å². The van der Waals surface area contributed by atoms with Crippen molar-refractivity contribution < 1.29 is 14.3 Å². The van der Waals surface area contributed by atoms with E-state index in [1.807, 2.05) is 13.0 Å². The maximum absolute atomic E-state index is 12.3. The highest BCUT2D eigenvalue weighted by Gasteiger charge is 2.17. The van der Waals surface area contributed by atoms with Crippen LogP contribution in [0.25, 0.3) is 10.9 Å². The number of nitrogens with one attached hydrogen (secondary N) is 3. The van der Waals surface area contributed by atoms with E-state index < -0.39 is 0 Å². The zero-order valence-electron chi connectivity index (χ0n) is 14.5. The minimum Gasteiger partial charge on any atom is -0.482 e. The number of anilines is 2. The molecule has 3 N–H and O–H groups in total. The molecule has 3 aromatic rings. The van der Waals surface area contributed by atoms with E-state index in [1.54, 1.807) is 30.3 Å². The number of H-pyrrole nitrogens is 1. The molecular formula is C19H16N4O4. The number of hydrogen-bond acceptors (Lipinski definition) is 5. The molecule has 0 spiro atoms. The third kappa shape index (κ3) is 3.50. The van der Waals surface area contributed by atoms with Crippen LogP contribution in [0.5, 0.6) is 5.75 Å². The van der Waals surface area contributed by atoms with Crippen LogP contribution in [0.4, 0.5) is 11.6 Å². The van der Waals surface area contributed by atoms with Crippen molar-refractivity contribution in [2.45, 2.75) is 13.3 Å². The predicted octanol–water partition coefficient (Wildman–Crippen LogP) is 1.74. The molecule has 0 unspecified atom stereocenters. The SMILES string of the molecule is Cc1ccc2nc(NC(=O)Cc3ccc4c(c3)NC(=O)CO4)[nH]c(=O)c2c1. The minimum atomic E-state index is -0.340. The molecule has 136 valence electrons. The molecule has 27 heavy (non-hydrogen) atoms. The van der Waals surface area contributed by atoms with Gasteiger partial charge in [0.1, 0.15) is 5.75 Å². The van der Waals surface area contributed by atoms with Crippen LogP contribution in [0.3, 0.4) is 0 Å². The van der Waals surface area contributed by atoms with E-state index in [4.69, 9.17) is 4.74 Å². The van der Waals surface area contributed by atoms with Crippen LogP contribution < -0.4 is 20.9 Å². The number of nitrogens with zero attached hydrogens (tertiary/aromatic N) is 1. The Morgan fingerprint density at radius 1 is 1.22 bits per heavy atom. The maximum Gasteiger partial charge on any atom is 0.262 e. The standard InChI is InChI=1S/C19H16N4O4/c1-10-2-4-13-12(6-10)18(26)23-19(21-13)22-16(24)8-11-3-5-15-14(7-11)20-17(25)9-27-15/h2-7H,8-9H2,1H3,(H,20,25)(H2,21,22,23,24,26). The first-order valence-corrected chi connectivity index (χ1v) is 8.34. The van der Waals surface area contributed by atoms with Gasteiger partial charge in [-0.15, -0.1) is 0 Å². The van der Waals surface area contributed by atoms with Gasteiger partial charge in [0.05, 0.1) is 23.0 Å². The van der Waals surface area contributed by atoms with E-state index in [-0.39, 0.29) is 36.3 Å². The van der Waals surface area contributed by atoms with Gasteiger partial charge in [0.25, 0.3) is 11.5 Å². The van der Waals surface area contributed by atoms with Crippen molar-refractivity contribution in [1.82, 2.24) is 9.97 Å². The normalized spacial score (nSPS) is 12.9. The number of amides is 2. The van der Waals surface area contributed by atoms with Crippen LogP contribution >= 0.6 is 0 Å². The Kier molecular flexibility index (Phi) is 4.08. The average molecular weight is 364 g/mol. The molecule has 0 aliphatic carbocycles. The van der Waals surface area contributed by atoms with E-state index in [0.717, 1.165) is 5.56 Å². The lowest BCUT2D eigenvalue weighted by Crippen LogP contribution is -2.25. The van der Waals surface area contributed by atoms with Crippen LogP contribution in [-0.4, -0.2) is 28.4 Å². The molecule has 0 radical (unpaired) electrons. The Hall–Kier alpha value is -3.68. The molecule has 4 rings (SSSR count). The number of carbonyl (C=O) groups is 2. The second-order valence-electron chi connectivity index (χ2n) is 6.33. The molecule has 0 atom stereocenters. The third-order valence-electron chi connectivity index (χ3n) is 4.16. The fraction of sp³-hybridized carbons (Fsp3) is 0.158. The van der Waals surface area contributed by atoms with Crippen molar-refractivity contribution in [3.8, 4) is 5.75 Å². The van der Waals surface area contributed by atoms with Gasteiger partial charge in [0.15, 0.2) is 6.61 Å². The summed E-state index contributed by atoms with van der Waals surface area (Å²) in [5.74, 6) is 0.0791. The second kappa shape index (κ2) is 6.56. The number of benzene rings is 2. The minimum absolute atomic E-state index is 0.0205. The van der Waals surface area contributed by atoms with E-state index in [0.29, 0.717) is 27.9 Å². The lowest BCUT2D eigenvalue weighted by molar-refractivity contribution is -0.118. The summed E-state index contributed by atoms with van der Waals surface area (Å²) in [5.41, 5.74) is 2.37. The first-order valence-electron chi connectivity index (χ1n) is 8.34. The van der Waals surface area contributed by atoms with Crippen LogP contribution in [0.1, 0.15) is 11.1 Å². The number of ether oxygens (including phenoxy) is 1. The van der Waals surface area contributed by atoms with E-state index in [2.05, 4.69) is 20.6 Å². The summed E-state index contributed by atoms with van der Waals surface area (Å²) in [6.07, 6.45) is 0.0544. The second-order valence-corrected chi connectivity index (χ2v) is 6.33. The number of fused-ring (bicyclic) bond motifs is 2. The van der Waals surface area contributed by atoms with Crippen molar-refractivity contribution in [2.24, 2.45) is 0 Å². The topological polar surface area (TPSA) is 113 Å². The van der Waals surface area contributed by atoms with Gasteiger partial charge in [0, 0.05) is 0 Å². The average Bonchev–Trinajstić information content (AvgIpc) is 2.62. The summed E-state index contributed by atoms with van der Waals surface area (Å²) in [4.78, 5) is 42.8. The van der Waals surface area contributed by atoms with Crippen molar-refractivity contribution in [2.75, 3.05) is 17.2 Å². The fourth-order valence-corrected chi connectivity index (χ4v) is 2.91. The molecule has 1 aliphatic rings. The van der Waals surface area contributed by atoms with E-state index in [1.165, 1.54) is 0 Å². The number of hydrogen-bond donors (Lipinski definition) is 3. The number of aromatic amines is 1. The van der Waals surface area contributed by atoms with Crippen LogP contribution in [0.2, 0.25) is 0 Å². The van der Waals surface area contributed by atoms with E-state index in [9.17, 15) is 14.4 Å². The van der Waals surface area contributed by atoms with Gasteiger partial charge in [-0.3, -0.25) is 24.7 Å². The molecule has 2 amide bonds. The molecular weight excluding hydrogens is 348 g/mol. The first-order chi connectivity index (χ1) is 13.0. The van der Waals surface area contributed by atoms with Gasteiger partial charge in [-0.25, -0.2) is 4.98 Å². The Labute approximate surface area is 153 Å². The number of aromatic nitrogens is 2. The van der Waals surface area contributed by atoms with Gasteiger partial charge in [-0.05, 0) is 36.8 Å². The number of carbonyl (C=O) groups excluding carboxylic acids is 2. The predicted molar refractivity (Wildman–Crippen MR) is 100 cm³/mol. The number of rotatable bonds is 3. The Morgan fingerprint density at radius 2 is 2.07 bits per heavy atom. The smallest absolute Gasteiger partial charge is 0.262 e. The molecule has 0 fully saturated rings. The first kappa shape index (κ1) is 16.8. The molecule has 0 saturated heterocycles. The lowest BCUT2D eigenvalue weighted by atomic mass is 10.1. The van der Waals surface area contributed by atoms with Gasteiger partial charge in [0.2, 0.25) is 11.9 Å². The summed E-state index contributed by atoms with van der Waals surface area (Å²) in [6.45, 7) is 1.87. The maximum atomic E-state index is 12.3. The van der Waals surface area contributed by atoms with Crippen LogP contribution in [0.15, 0.2) is 41.2 Å². The largest absolute Gasteiger partial charge is 0.482 e. The monoisotopic (exact) mass is 364 g/mol. The molecule has 1 aromatic heterocycles. The molecule has 8 heteroatoms. The number of aryl methyl sites for hydroxylation is 1. The van der Waals surface area contributed by atoms with Gasteiger partial charge in [-0.2, -0.15) is 0 Å². The third-order valence-corrected chi connectivity index (χ3v) is 4.16. The van der Waals surface area contributed by atoms with Crippen molar-refractivity contribution in [3.63, 3.8) is 0 Å². The highest BCUT2D eigenvalue weighted by atomic mass is 16.5. The van der Waals surface area contributed by atoms with Gasteiger partial charge < -0.3 is 10.1 Å². The summed E-state index contributed by atoms with van der Waals surface area (Å²) in [7, 11) is 0. The Balaban J connectivity index is 1.52. The summed E-state index contributed by atoms with van der Waals surface area (Å²) < 4.78 is 5.29. The molecule has 0 bridgehead atoms. The van der Waals surface area contributed by atoms with Gasteiger partial charge >= 0.3 is 0 Å². The molecule has 2 aromatic carbocycles. The fourth-order valence-electron chi connectivity index (χ4n) is 2.91. The highest BCUT2D eigenvalue weighted by Crippen LogP contribution is 2.28. The molecule has 0 saturated carbocycles. The Bertz CT molecular complexity index is 1140.